The Hall–Kier alpha value is -3.92. The number of ether oxygens (including phenoxy) is 1. The van der Waals surface area contributed by atoms with Crippen molar-refractivity contribution in [2.24, 2.45) is 0 Å². The molecule has 3 aromatic carbocycles. The highest BCUT2D eigenvalue weighted by Crippen LogP contribution is 2.28. The number of nitrogens with zero attached hydrogens (tertiary/aromatic N) is 1. The van der Waals surface area contributed by atoms with Gasteiger partial charge in [0.1, 0.15) is 11.9 Å². The number of piperidine rings is 1. The lowest BCUT2D eigenvalue weighted by atomic mass is 10.0. The topological polar surface area (TPSA) is 123 Å². The van der Waals surface area contributed by atoms with Crippen LogP contribution in [0.15, 0.2) is 72.8 Å². The summed E-state index contributed by atoms with van der Waals surface area (Å²) in [5.41, 5.74) is 3.79. The molecule has 0 aromatic heterocycles. The van der Waals surface area contributed by atoms with E-state index in [-0.39, 0.29) is 17.9 Å². The van der Waals surface area contributed by atoms with Gasteiger partial charge in [-0.3, -0.25) is 10.1 Å². The van der Waals surface area contributed by atoms with Crippen LogP contribution in [0.4, 0.5) is 16.2 Å². The third-order valence-electron chi connectivity index (χ3n) is 8.33. The number of hydrogen-bond donors (Lipinski definition) is 5. The number of nitrogens with one attached hydrogen (secondary N) is 3. The van der Waals surface area contributed by atoms with Crippen LogP contribution in [-0.4, -0.2) is 66.4 Å². The van der Waals surface area contributed by atoms with E-state index >= 15 is 0 Å². The number of amides is 2. The maximum absolute atomic E-state index is 12.7. The Kier molecular flexibility index (Phi) is 14.2. The number of benzene rings is 3. The van der Waals surface area contributed by atoms with Crippen molar-refractivity contribution in [2.75, 3.05) is 43.4 Å². The van der Waals surface area contributed by atoms with Crippen molar-refractivity contribution in [1.29, 1.82) is 0 Å². The van der Waals surface area contributed by atoms with Crippen LogP contribution in [0.1, 0.15) is 69.5 Å². The van der Waals surface area contributed by atoms with Crippen molar-refractivity contribution in [1.82, 2.24) is 10.2 Å². The van der Waals surface area contributed by atoms with Crippen LogP contribution in [0.5, 0.6) is 5.75 Å². The van der Waals surface area contributed by atoms with Crippen LogP contribution in [-0.2, 0) is 9.53 Å². The minimum atomic E-state index is -0.765. The summed E-state index contributed by atoms with van der Waals surface area (Å²) >= 11 is 0. The summed E-state index contributed by atoms with van der Waals surface area (Å²) in [5.74, 6) is 0.0404. The van der Waals surface area contributed by atoms with E-state index in [9.17, 15) is 19.8 Å². The fourth-order valence-electron chi connectivity index (χ4n) is 5.84. The first-order valence-electron chi connectivity index (χ1n) is 16.3. The molecule has 0 spiro atoms. The van der Waals surface area contributed by atoms with Gasteiger partial charge >= 0.3 is 6.09 Å². The molecular formula is C36H48N4O5. The van der Waals surface area contributed by atoms with Crippen LogP contribution in [0.2, 0.25) is 0 Å². The maximum Gasteiger partial charge on any atom is 0.411 e. The fraction of sp³-hybridized carbons (Fsp3) is 0.444. The Labute approximate surface area is 267 Å². The number of aromatic hydroxyl groups is 1. The van der Waals surface area contributed by atoms with Gasteiger partial charge in [-0.1, -0.05) is 86.7 Å². The lowest BCUT2D eigenvalue weighted by Crippen LogP contribution is -2.38. The smallest absolute Gasteiger partial charge is 0.411 e. The minimum absolute atomic E-state index is 0.0404. The molecule has 9 heteroatoms. The molecule has 3 aromatic rings. The molecule has 5 N–H and O–H groups in total. The largest absolute Gasteiger partial charge is 0.508 e. The summed E-state index contributed by atoms with van der Waals surface area (Å²) in [4.78, 5) is 25.9. The second-order valence-corrected chi connectivity index (χ2v) is 11.7. The first kappa shape index (κ1) is 34.0. The highest BCUT2D eigenvalue weighted by atomic mass is 16.6. The first-order chi connectivity index (χ1) is 22.0. The van der Waals surface area contributed by atoms with Crippen molar-refractivity contribution in [2.45, 2.75) is 70.0 Å². The van der Waals surface area contributed by atoms with Gasteiger partial charge in [0, 0.05) is 42.5 Å². The maximum atomic E-state index is 12.7. The number of unbranched alkanes of at least 4 members (excludes halogenated alkanes) is 6. The monoisotopic (exact) mass is 616 g/mol. The zero-order chi connectivity index (χ0) is 31.7. The predicted molar refractivity (Wildman–Crippen MR) is 179 cm³/mol. The first-order valence-corrected chi connectivity index (χ1v) is 16.3. The van der Waals surface area contributed by atoms with Crippen LogP contribution in [0.25, 0.3) is 11.1 Å². The Balaban J connectivity index is 0.993. The number of carbonyl (C=O) groups excluding carboxylic acids is 2. The van der Waals surface area contributed by atoms with Crippen molar-refractivity contribution in [3.8, 4) is 16.9 Å². The van der Waals surface area contributed by atoms with Crippen molar-refractivity contribution >= 4 is 23.9 Å². The molecule has 1 heterocycles. The number of anilines is 2. The number of rotatable bonds is 18. The predicted octanol–water partition coefficient (Wildman–Crippen LogP) is 6.69. The minimum Gasteiger partial charge on any atom is -0.508 e. The molecule has 0 radical (unpaired) electrons. The van der Waals surface area contributed by atoms with Gasteiger partial charge < -0.3 is 30.5 Å². The average Bonchev–Trinajstić information content (AvgIpc) is 3.05. The molecule has 9 nitrogen and oxygen atoms in total. The van der Waals surface area contributed by atoms with E-state index in [1.54, 1.807) is 6.07 Å². The van der Waals surface area contributed by atoms with E-state index in [2.05, 4.69) is 20.9 Å². The van der Waals surface area contributed by atoms with Gasteiger partial charge in [-0.2, -0.15) is 0 Å². The van der Waals surface area contributed by atoms with Crippen LogP contribution < -0.4 is 16.0 Å². The highest BCUT2D eigenvalue weighted by molar-refractivity contribution is 5.91. The summed E-state index contributed by atoms with van der Waals surface area (Å²) in [5, 5.41) is 28.8. The fourth-order valence-corrected chi connectivity index (χ4v) is 5.84. The molecule has 0 saturated carbocycles. The molecule has 4 rings (SSSR count). The molecule has 2 amide bonds. The summed E-state index contributed by atoms with van der Waals surface area (Å²) in [6.45, 7) is 4.23. The number of para-hydroxylation sites is 1. The van der Waals surface area contributed by atoms with Gasteiger partial charge in [-0.05, 0) is 56.5 Å². The molecule has 1 aliphatic rings. The van der Waals surface area contributed by atoms with Crippen molar-refractivity contribution in [3.05, 3.63) is 78.4 Å². The molecule has 1 atom stereocenters. The number of aliphatic hydroxyl groups is 1. The van der Waals surface area contributed by atoms with Gasteiger partial charge in [-0.25, -0.2) is 4.79 Å². The van der Waals surface area contributed by atoms with E-state index in [0.29, 0.717) is 24.2 Å². The van der Waals surface area contributed by atoms with Gasteiger partial charge in [0.05, 0.1) is 11.8 Å². The second kappa shape index (κ2) is 18.8. The molecule has 0 bridgehead atoms. The Morgan fingerprint density at radius 3 is 2.33 bits per heavy atom. The van der Waals surface area contributed by atoms with Gasteiger partial charge in [-0.15, -0.1) is 0 Å². The van der Waals surface area contributed by atoms with Gasteiger partial charge in [0.2, 0.25) is 6.41 Å². The average molecular weight is 617 g/mol. The van der Waals surface area contributed by atoms with Gasteiger partial charge in [0.15, 0.2) is 0 Å². The summed E-state index contributed by atoms with van der Waals surface area (Å²) in [7, 11) is 0. The summed E-state index contributed by atoms with van der Waals surface area (Å²) in [6, 6.07) is 22.4. The van der Waals surface area contributed by atoms with Crippen LogP contribution in [0.3, 0.4) is 0 Å². The number of aliphatic hydroxyl groups excluding tert-OH is 1. The molecule has 242 valence electrons. The van der Waals surface area contributed by atoms with E-state index in [1.807, 2.05) is 54.6 Å². The molecule has 1 fully saturated rings. The number of hydrogen-bond acceptors (Lipinski definition) is 7. The Bertz CT molecular complexity index is 1310. The highest BCUT2D eigenvalue weighted by Gasteiger charge is 2.22. The van der Waals surface area contributed by atoms with E-state index in [0.717, 1.165) is 68.7 Å². The van der Waals surface area contributed by atoms with Crippen LogP contribution >= 0.6 is 0 Å². The third-order valence-corrected chi connectivity index (χ3v) is 8.33. The molecule has 1 aliphatic heterocycles. The SMILES string of the molecule is O=CNc1cc(O)ccc1[C@@H](O)CNCCCCCCCCCN1CCC(OC(=O)Nc2ccccc2-c2ccccc2)CC1. The normalized spacial score (nSPS) is 14.5. The quantitative estimate of drug-likeness (QED) is 0.0797. The zero-order valence-corrected chi connectivity index (χ0v) is 26.1. The number of phenolic OH excluding ortho intramolecular Hbond substituents is 1. The lowest BCUT2D eigenvalue weighted by molar-refractivity contribution is -0.105. The van der Waals surface area contributed by atoms with Crippen molar-refractivity contribution in [3.63, 3.8) is 0 Å². The molecule has 1 saturated heterocycles. The van der Waals surface area contributed by atoms with E-state index < -0.39 is 6.10 Å². The third kappa shape index (κ3) is 11.5. The Morgan fingerprint density at radius 1 is 0.889 bits per heavy atom. The zero-order valence-electron chi connectivity index (χ0n) is 26.1. The van der Waals surface area contributed by atoms with E-state index in [1.165, 1.54) is 44.2 Å². The van der Waals surface area contributed by atoms with E-state index in [4.69, 9.17) is 4.74 Å². The van der Waals surface area contributed by atoms with Crippen LogP contribution in [0, 0.1) is 0 Å². The molecular weight excluding hydrogens is 568 g/mol. The molecule has 0 aliphatic carbocycles. The Morgan fingerprint density at radius 2 is 1.58 bits per heavy atom. The number of phenols is 1. The summed E-state index contributed by atoms with van der Waals surface area (Å²) < 4.78 is 5.77. The standard InChI is InChI=1S/C36H48N4O5/c41-27-38-34-25-29(42)17-18-32(34)35(43)26-37-21-11-4-2-1-3-5-12-22-40-23-19-30(20-24-40)45-36(44)39-33-16-10-9-15-31(33)28-13-7-6-8-14-28/h6-10,13-18,25,27,30,35,37,42-43H,1-5,11-12,19-24,26H2,(H,38,41)(H,39,44)/t35-/m0/s1. The molecule has 0 unspecified atom stereocenters. The number of carbonyl (C=O) groups is 2. The second-order valence-electron chi connectivity index (χ2n) is 11.7. The van der Waals surface area contributed by atoms with Gasteiger partial charge in [0.25, 0.3) is 0 Å². The number of likely N-dealkylation sites (tertiary alicyclic amines) is 1. The van der Waals surface area contributed by atoms with Crippen molar-refractivity contribution < 1.29 is 24.5 Å². The summed E-state index contributed by atoms with van der Waals surface area (Å²) in [6.07, 6.45) is 9.37. The molecule has 45 heavy (non-hydrogen) atoms. The lowest BCUT2D eigenvalue weighted by Gasteiger charge is -2.31.